The van der Waals surface area contributed by atoms with Crippen molar-refractivity contribution in [2.75, 3.05) is 44.7 Å². The van der Waals surface area contributed by atoms with Gasteiger partial charge >= 0.3 is 0 Å². The van der Waals surface area contributed by atoms with Crippen LogP contribution in [0.1, 0.15) is 51.4 Å². The molecule has 1 aromatic carbocycles. The fourth-order valence-corrected chi connectivity index (χ4v) is 6.23. The van der Waals surface area contributed by atoms with E-state index < -0.39 is 10.2 Å². The van der Waals surface area contributed by atoms with E-state index in [9.17, 15) is 18.0 Å². The molecule has 10 heteroatoms. The molecule has 186 valence electrons. The first-order valence-corrected chi connectivity index (χ1v) is 13.5. The Morgan fingerprint density at radius 3 is 2.29 bits per heavy atom. The Hall–Kier alpha value is -2.48. The van der Waals surface area contributed by atoms with Crippen molar-refractivity contribution in [1.82, 2.24) is 13.5 Å². The number of para-hydroxylation sites is 1. The molecular formula is C24H35N5O4S. The van der Waals surface area contributed by atoms with Gasteiger partial charge in [0.05, 0.1) is 12.5 Å². The molecule has 2 aliphatic rings. The molecule has 0 spiro atoms. The largest absolute Gasteiger partial charge is 0.340 e. The van der Waals surface area contributed by atoms with E-state index in [4.69, 9.17) is 5.26 Å². The second kappa shape index (κ2) is 12.3. The van der Waals surface area contributed by atoms with Crippen LogP contribution in [0.15, 0.2) is 30.3 Å². The molecule has 9 nitrogen and oxygen atoms in total. The van der Waals surface area contributed by atoms with Gasteiger partial charge in [0.2, 0.25) is 11.8 Å². The van der Waals surface area contributed by atoms with Crippen molar-refractivity contribution in [3.63, 3.8) is 0 Å². The average molecular weight is 490 g/mol. The van der Waals surface area contributed by atoms with E-state index in [2.05, 4.69) is 6.07 Å². The van der Waals surface area contributed by atoms with Crippen molar-refractivity contribution in [2.24, 2.45) is 0 Å². The van der Waals surface area contributed by atoms with Crippen molar-refractivity contribution < 1.29 is 18.0 Å². The summed E-state index contributed by atoms with van der Waals surface area (Å²) in [5.74, 6) is -0.357. The molecular weight excluding hydrogens is 454 g/mol. The summed E-state index contributed by atoms with van der Waals surface area (Å²) in [6.07, 6.45) is 5.39. The third kappa shape index (κ3) is 6.56. The lowest BCUT2D eigenvalue weighted by molar-refractivity contribution is -0.134. The van der Waals surface area contributed by atoms with E-state index >= 15 is 0 Å². The second-order valence-corrected chi connectivity index (χ2v) is 10.9. The fraction of sp³-hybridized carbons (Fsp3) is 0.625. The standard InChI is InChI=1S/C24H35N5O4S/c1-26(21-9-4-2-5-10-21)34(32,33)28-19-17-27(18-20-28)23(30)13-14-24(31)29(16-8-15-25)22-11-6-3-7-12-22/h3,6-7,11-12,21H,2,4-5,8-10,13-14,16-20H2,1H3. The minimum absolute atomic E-state index is 0.0437. The fourth-order valence-electron chi connectivity index (χ4n) is 4.66. The number of carbonyl (C=O) groups excluding carboxylic acids is 2. The van der Waals surface area contributed by atoms with Gasteiger partial charge in [0, 0.05) is 64.3 Å². The maximum Gasteiger partial charge on any atom is 0.282 e. The van der Waals surface area contributed by atoms with Gasteiger partial charge in [-0.15, -0.1) is 0 Å². The van der Waals surface area contributed by atoms with E-state index in [1.807, 2.05) is 18.2 Å². The number of nitrogens with zero attached hydrogens (tertiary/aromatic N) is 5. The molecule has 1 aromatic rings. The molecule has 0 aromatic heterocycles. The molecule has 1 heterocycles. The SMILES string of the molecule is CN(C1CCCCC1)S(=O)(=O)N1CCN(C(=O)CCC(=O)N(CCC#N)c2ccccc2)CC1. The van der Waals surface area contributed by atoms with Crippen molar-refractivity contribution in [2.45, 2.75) is 57.4 Å². The van der Waals surface area contributed by atoms with Crippen molar-refractivity contribution in [1.29, 1.82) is 5.26 Å². The summed E-state index contributed by atoms with van der Waals surface area (Å²) in [5.41, 5.74) is 0.705. The number of piperazine rings is 1. The van der Waals surface area contributed by atoms with Crippen LogP contribution in [0.4, 0.5) is 5.69 Å². The number of hydrogen-bond acceptors (Lipinski definition) is 5. The van der Waals surface area contributed by atoms with Crippen LogP contribution < -0.4 is 4.90 Å². The summed E-state index contributed by atoms with van der Waals surface area (Å²) < 4.78 is 29.1. The van der Waals surface area contributed by atoms with Gasteiger partial charge in [-0.25, -0.2) is 0 Å². The van der Waals surface area contributed by atoms with Gasteiger partial charge in [0.1, 0.15) is 0 Å². The van der Waals surface area contributed by atoms with Crippen LogP contribution in [0.2, 0.25) is 0 Å². The number of rotatable bonds is 9. The Labute approximate surface area is 203 Å². The monoisotopic (exact) mass is 489 g/mol. The van der Waals surface area contributed by atoms with Crippen LogP contribution in [-0.4, -0.2) is 79.6 Å². The number of benzene rings is 1. The van der Waals surface area contributed by atoms with Gasteiger partial charge in [0.25, 0.3) is 10.2 Å². The Morgan fingerprint density at radius 2 is 1.68 bits per heavy atom. The molecule has 1 aliphatic heterocycles. The topological polar surface area (TPSA) is 105 Å². The molecule has 34 heavy (non-hydrogen) atoms. The summed E-state index contributed by atoms with van der Waals surface area (Å²) in [6.45, 7) is 1.44. The van der Waals surface area contributed by atoms with E-state index in [0.717, 1.165) is 32.1 Å². The third-order valence-electron chi connectivity index (χ3n) is 6.74. The molecule has 2 fully saturated rings. The van der Waals surface area contributed by atoms with Gasteiger partial charge in [-0.05, 0) is 25.0 Å². The predicted octanol–water partition coefficient (Wildman–Crippen LogP) is 2.37. The molecule has 1 saturated heterocycles. The van der Waals surface area contributed by atoms with Crippen molar-refractivity contribution in [3.8, 4) is 6.07 Å². The van der Waals surface area contributed by atoms with Crippen LogP contribution in [0.25, 0.3) is 0 Å². The first-order valence-electron chi connectivity index (χ1n) is 12.1. The number of carbonyl (C=O) groups is 2. The summed E-state index contributed by atoms with van der Waals surface area (Å²) in [7, 11) is -1.88. The van der Waals surface area contributed by atoms with E-state index in [1.54, 1.807) is 29.0 Å². The van der Waals surface area contributed by atoms with Gasteiger partial charge < -0.3 is 9.80 Å². The number of anilines is 1. The molecule has 0 N–H and O–H groups in total. The lowest BCUT2D eigenvalue weighted by atomic mass is 9.96. The highest BCUT2D eigenvalue weighted by Gasteiger charge is 2.35. The summed E-state index contributed by atoms with van der Waals surface area (Å²) in [4.78, 5) is 28.7. The van der Waals surface area contributed by atoms with Crippen LogP contribution in [0.5, 0.6) is 0 Å². The lowest BCUT2D eigenvalue weighted by Crippen LogP contribution is -2.55. The zero-order valence-corrected chi connectivity index (χ0v) is 20.8. The minimum atomic E-state index is -3.55. The molecule has 0 radical (unpaired) electrons. The Morgan fingerprint density at radius 1 is 1.03 bits per heavy atom. The molecule has 1 saturated carbocycles. The highest BCUT2D eigenvalue weighted by atomic mass is 32.2. The molecule has 0 unspecified atom stereocenters. The smallest absolute Gasteiger partial charge is 0.282 e. The summed E-state index contributed by atoms with van der Waals surface area (Å²) in [6, 6.07) is 11.2. The van der Waals surface area contributed by atoms with Crippen molar-refractivity contribution in [3.05, 3.63) is 30.3 Å². The van der Waals surface area contributed by atoms with E-state index in [-0.39, 0.29) is 56.8 Å². The maximum atomic E-state index is 13.0. The highest BCUT2D eigenvalue weighted by molar-refractivity contribution is 7.86. The normalized spacial score (nSPS) is 18.0. The number of amides is 2. The molecule has 0 bridgehead atoms. The van der Waals surface area contributed by atoms with E-state index in [0.29, 0.717) is 18.8 Å². The van der Waals surface area contributed by atoms with Crippen LogP contribution >= 0.6 is 0 Å². The molecule has 1 aliphatic carbocycles. The maximum absolute atomic E-state index is 13.0. The molecule has 3 rings (SSSR count). The first kappa shape index (κ1) is 26.1. The molecule has 2 amide bonds. The quantitative estimate of drug-likeness (QED) is 0.530. The predicted molar refractivity (Wildman–Crippen MR) is 130 cm³/mol. The Balaban J connectivity index is 1.50. The van der Waals surface area contributed by atoms with Gasteiger partial charge in [-0.3, -0.25) is 9.59 Å². The van der Waals surface area contributed by atoms with Crippen LogP contribution in [0, 0.1) is 11.3 Å². The summed E-state index contributed by atoms with van der Waals surface area (Å²) in [5, 5.41) is 8.92. The summed E-state index contributed by atoms with van der Waals surface area (Å²) >= 11 is 0. The Bertz CT molecular complexity index is 965. The lowest BCUT2D eigenvalue weighted by Gasteiger charge is -2.38. The van der Waals surface area contributed by atoms with Gasteiger partial charge in [-0.2, -0.15) is 22.3 Å². The second-order valence-electron chi connectivity index (χ2n) is 8.88. The average Bonchev–Trinajstić information content (AvgIpc) is 2.88. The zero-order valence-electron chi connectivity index (χ0n) is 19.9. The third-order valence-corrected chi connectivity index (χ3v) is 8.78. The zero-order chi connectivity index (χ0) is 24.6. The van der Waals surface area contributed by atoms with Crippen molar-refractivity contribution >= 4 is 27.7 Å². The van der Waals surface area contributed by atoms with E-state index in [1.165, 1.54) is 8.61 Å². The number of nitriles is 1. The van der Waals surface area contributed by atoms with Crippen LogP contribution in [-0.2, 0) is 19.8 Å². The molecule has 0 atom stereocenters. The number of hydrogen-bond donors (Lipinski definition) is 0. The van der Waals surface area contributed by atoms with Gasteiger partial charge in [-0.1, -0.05) is 37.5 Å². The highest BCUT2D eigenvalue weighted by Crippen LogP contribution is 2.25. The minimum Gasteiger partial charge on any atom is -0.340 e. The Kier molecular flexibility index (Phi) is 9.45. The van der Waals surface area contributed by atoms with Gasteiger partial charge in [0.15, 0.2) is 0 Å². The van der Waals surface area contributed by atoms with Crippen LogP contribution in [0.3, 0.4) is 0 Å². The first-order chi connectivity index (χ1) is 16.3.